The molecule has 0 saturated carbocycles. The molecule has 27 heavy (non-hydrogen) atoms. The zero-order chi connectivity index (χ0) is 18.5. The monoisotopic (exact) mass is 372 g/mol. The van der Waals surface area contributed by atoms with Crippen LogP contribution >= 0.6 is 11.8 Å². The number of aromatic nitrogens is 4. The summed E-state index contributed by atoms with van der Waals surface area (Å²) in [6.07, 6.45) is 3.57. The lowest BCUT2D eigenvalue weighted by Crippen LogP contribution is -2.03. The van der Waals surface area contributed by atoms with Crippen LogP contribution < -0.4 is 0 Å². The summed E-state index contributed by atoms with van der Waals surface area (Å²) in [4.78, 5) is 4.10. The molecule has 0 radical (unpaired) electrons. The van der Waals surface area contributed by atoms with Crippen LogP contribution in [0.15, 0.2) is 90.3 Å². The third-order valence-corrected chi connectivity index (χ3v) is 5.69. The van der Waals surface area contributed by atoms with E-state index >= 15 is 0 Å². The van der Waals surface area contributed by atoms with Gasteiger partial charge in [-0.3, -0.25) is 4.98 Å². The van der Waals surface area contributed by atoms with Crippen LogP contribution in [0.2, 0.25) is 0 Å². The van der Waals surface area contributed by atoms with Crippen molar-refractivity contribution in [1.29, 1.82) is 0 Å². The lowest BCUT2D eigenvalue weighted by molar-refractivity contribution is 0.686. The van der Waals surface area contributed by atoms with Gasteiger partial charge in [0.05, 0.1) is 5.25 Å². The molecule has 0 amide bonds. The molecule has 0 unspecified atom stereocenters. The third kappa shape index (κ3) is 3.78. The van der Waals surface area contributed by atoms with Crippen LogP contribution in [0.1, 0.15) is 23.3 Å². The second kappa shape index (κ2) is 8.18. The fraction of sp³-hybridized carbons (Fsp3) is 0.136. The maximum atomic E-state index is 4.51. The first-order valence-electron chi connectivity index (χ1n) is 8.97. The van der Waals surface area contributed by atoms with Crippen LogP contribution in [-0.2, 0) is 6.54 Å². The van der Waals surface area contributed by atoms with E-state index in [1.54, 1.807) is 24.2 Å². The molecule has 0 fully saturated rings. The van der Waals surface area contributed by atoms with E-state index in [4.69, 9.17) is 0 Å². The van der Waals surface area contributed by atoms with Crippen molar-refractivity contribution in [2.24, 2.45) is 0 Å². The first kappa shape index (κ1) is 17.5. The first-order valence-corrected chi connectivity index (χ1v) is 9.85. The Morgan fingerprint density at radius 2 is 1.41 bits per heavy atom. The summed E-state index contributed by atoms with van der Waals surface area (Å²) in [6, 6.07) is 25.0. The molecule has 2 heterocycles. The fourth-order valence-electron chi connectivity index (χ4n) is 3.07. The van der Waals surface area contributed by atoms with Gasteiger partial charge in [-0.1, -0.05) is 72.4 Å². The molecule has 0 atom stereocenters. The highest BCUT2D eigenvalue weighted by molar-refractivity contribution is 7.99. The lowest BCUT2D eigenvalue weighted by Gasteiger charge is -2.17. The van der Waals surface area contributed by atoms with Gasteiger partial charge in [-0.2, -0.15) is 0 Å². The predicted molar refractivity (Wildman–Crippen MR) is 110 cm³/mol. The molecule has 0 aliphatic carbocycles. The molecule has 2 aromatic carbocycles. The molecule has 0 N–H and O–H groups in total. The Kier molecular flexibility index (Phi) is 5.30. The number of thioether (sulfide) groups is 1. The second-order valence-electron chi connectivity index (χ2n) is 6.11. The molecule has 0 spiro atoms. The Balaban J connectivity index is 1.73. The van der Waals surface area contributed by atoms with Crippen molar-refractivity contribution in [3.63, 3.8) is 0 Å². The molecular formula is C22H20N4S. The van der Waals surface area contributed by atoms with E-state index in [0.29, 0.717) is 0 Å². The number of benzene rings is 2. The molecule has 0 aliphatic heterocycles. The van der Waals surface area contributed by atoms with E-state index in [1.165, 1.54) is 11.1 Å². The van der Waals surface area contributed by atoms with E-state index in [2.05, 4.69) is 75.2 Å². The topological polar surface area (TPSA) is 43.6 Å². The maximum absolute atomic E-state index is 4.51. The summed E-state index contributed by atoms with van der Waals surface area (Å²) in [5.74, 6) is 0.877. The molecule has 4 aromatic rings. The van der Waals surface area contributed by atoms with Crippen molar-refractivity contribution >= 4 is 11.8 Å². The second-order valence-corrected chi connectivity index (χ2v) is 7.18. The Morgan fingerprint density at radius 3 is 1.96 bits per heavy atom. The van der Waals surface area contributed by atoms with Gasteiger partial charge in [-0.25, -0.2) is 0 Å². The van der Waals surface area contributed by atoms with E-state index in [1.807, 2.05) is 24.3 Å². The number of hydrogen-bond donors (Lipinski definition) is 0. The first-order chi connectivity index (χ1) is 13.4. The highest BCUT2D eigenvalue weighted by atomic mass is 32.2. The van der Waals surface area contributed by atoms with Crippen molar-refractivity contribution in [2.45, 2.75) is 23.9 Å². The van der Waals surface area contributed by atoms with Gasteiger partial charge in [0.2, 0.25) is 0 Å². The van der Waals surface area contributed by atoms with Gasteiger partial charge in [0, 0.05) is 24.5 Å². The van der Waals surface area contributed by atoms with E-state index < -0.39 is 0 Å². The number of rotatable bonds is 6. The van der Waals surface area contributed by atoms with E-state index in [0.717, 1.165) is 23.1 Å². The van der Waals surface area contributed by atoms with Crippen molar-refractivity contribution in [2.75, 3.05) is 0 Å². The molecule has 0 saturated heterocycles. The summed E-state index contributed by atoms with van der Waals surface area (Å²) in [7, 11) is 0. The Labute approximate surface area is 163 Å². The maximum Gasteiger partial charge on any atom is 0.192 e. The molecule has 2 aromatic heterocycles. The smallest absolute Gasteiger partial charge is 0.192 e. The summed E-state index contributed by atoms with van der Waals surface area (Å²) in [5.41, 5.74) is 3.54. The predicted octanol–water partition coefficient (Wildman–Crippen LogP) is 5.24. The van der Waals surface area contributed by atoms with Gasteiger partial charge in [0.25, 0.3) is 0 Å². The van der Waals surface area contributed by atoms with Crippen LogP contribution in [0.3, 0.4) is 0 Å². The van der Waals surface area contributed by atoms with Crippen LogP contribution in [0.4, 0.5) is 0 Å². The van der Waals surface area contributed by atoms with Crippen LogP contribution in [0.5, 0.6) is 0 Å². The van der Waals surface area contributed by atoms with Crippen molar-refractivity contribution in [3.8, 4) is 11.4 Å². The van der Waals surface area contributed by atoms with Crippen molar-refractivity contribution in [3.05, 3.63) is 96.3 Å². The molecule has 4 rings (SSSR count). The Morgan fingerprint density at radius 1 is 0.815 bits per heavy atom. The Bertz CT molecular complexity index is 945. The van der Waals surface area contributed by atoms with Gasteiger partial charge < -0.3 is 4.57 Å². The minimum atomic E-state index is 0.159. The van der Waals surface area contributed by atoms with Gasteiger partial charge >= 0.3 is 0 Å². The number of nitrogens with zero attached hydrogens (tertiary/aromatic N) is 4. The largest absolute Gasteiger partial charge is 0.302 e. The SMILES string of the molecule is CCn1c(SC(c2ccccc2)c2ccccc2)nnc1-c1ccncc1. The molecule has 0 bridgehead atoms. The molecule has 134 valence electrons. The zero-order valence-corrected chi connectivity index (χ0v) is 15.9. The third-order valence-electron chi connectivity index (χ3n) is 4.40. The molecule has 5 heteroatoms. The minimum Gasteiger partial charge on any atom is -0.302 e. The lowest BCUT2D eigenvalue weighted by atomic mass is 10.0. The van der Waals surface area contributed by atoms with Gasteiger partial charge in [0.15, 0.2) is 11.0 Å². The summed E-state index contributed by atoms with van der Waals surface area (Å²) >= 11 is 1.74. The van der Waals surface area contributed by atoms with Crippen LogP contribution in [0, 0.1) is 0 Å². The van der Waals surface area contributed by atoms with Crippen LogP contribution in [-0.4, -0.2) is 19.7 Å². The standard InChI is InChI=1S/C22H20N4S/c1-2-26-21(19-13-15-23-16-14-19)24-25-22(26)27-20(17-9-5-3-6-10-17)18-11-7-4-8-12-18/h3-16,20H,2H2,1H3. The van der Waals surface area contributed by atoms with Gasteiger partial charge in [-0.15, -0.1) is 10.2 Å². The summed E-state index contributed by atoms with van der Waals surface area (Å²) < 4.78 is 2.17. The van der Waals surface area contributed by atoms with Crippen molar-refractivity contribution < 1.29 is 0 Å². The molecule has 4 nitrogen and oxygen atoms in total. The normalized spacial score (nSPS) is 11.0. The average Bonchev–Trinajstić information content (AvgIpc) is 3.16. The zero-order valence-electron chi connectivity index (χ0n) is 15.1. The molecule has 0 aliphatic rings. The number of hydrogen-bond acceptors (Lipinski definition) is 4. The van der Waals surface area contributed by atoms with E-state index in [-0.39, 0.29) is 5.25 Å². The Hall–Kier alpha value is -2.92. The van der Waals surface area contributed by atoms with Crippen molar-refractivity contribution in [1.82, 2.24) is 19.7 Å². The highest BCUT2D eigenvalue weighted by Crippen LogP contribution is 2.40. The number of pyridine rings is 1. The quantitative estimate of drug-likeness (QED) is 0.434. The minimum absolute atomic E-state index is 0.159. The van der Waals surface area contributed by atoms with E-state index in [9.17, 15) is 0 Å². The fourth-order valence-corrected chi connectivity index (χ4v) is 4.29. The van der Waals surface area contributed by atoms with Crippen LogP contribution in [0.25, 0.3) is 11.4 Å². The highest BCUT2D eigenvalue weighted by Gasteiger charge is 2.21. The summed E-state index contributed by atoms with van der Waals surface area (Å²) in [6.45, 7) is 2.93. The summed E-state index contributed by atoms with van der Waals surface area (Å²) in [5, 5.41) is 10.0. The van der Waals surface area contributed by atoms with Gasteiger partial charge in [-0.05, 0) is 30.2 Å². The average molecular weight is 372 g/mol. The molecular weight excluding hydrogens is 352 g/mol. The van der Waals surface area contributed by atoms with Gasteiger partial charge in [0.1, 0.15) is 0 Å².